The van der Waals surface area contributed by atoms with Crippen molar-refractivity contribution in [2.45, 2.75) is 12.7 Å². The number of nitrogens with one attached hydrogen (secondary N) is 1. The minimum atomic E-state index is -0.232. The van der Waals surface area contributed by atoms with Gasteiger partial charge in [-0.05, 0) is 41.5 Å². The number of carbonyl (C=O) groups is 1. The molecule has 0 radical (unpaired) electrons. The average Bonchev–Trinajstić information content (AvgIpc) is 2.75. The zero-order valence-electron chi connectivity index (χ0n) is 15.7. The van der Waals surface area contributed by atoms with Crippen LogP contribution in [0.2, 0.25) is 0 Å². The fourth-order valence-electron chi connectivity index (χ4n) is 3.33. The number of nitrogens with zero attached hydrogens (tertiary/aromatic N) is 1. The average molecular weight is 370 g/mol. The molecule has 1 atom stereocenters. The Labute approximate surface area is 165 Å². The van der Waals surface area contributed by atoms with Crippen LogP contribution >= 0.6 is 0 Å². The second-order valence-electron chi connectivity index (χ2n) is 6.69. The second-order valence-corrected chi connectivity index (χ2v) is 6.69. The van der Waals surface area contributed by atoms with Crippen molar-refractivity contribution in [1.82, 2.24) is 4.90 Å². The van der Waals surface area contributed by atoms with Crippen LogP contribution in [0.25, 0.3) is 6.08 Å². The summed E-state index contributed by atoms with van der Waals surface area (Å²) in [4.78, 5) is 15.0. The van der Waals surface area contributed by atoms with E-state index < -0.39 is 0 Å². The highest BCUT2D eigenvalue weighted by Gasteiger charge is 2.30. The van der Waals surface area contributed by atoms with Crippen LogP contribution in [0.5, 0.6) is 5.75 Å². The first-order valence-corrected chi connectivity index (χ1v) is 9.27. The standard InChI is InChI=1S/C24H22N2O2/c1-28-20-14-11-18(12-15-20)13-16-23-25-22-10-6-5-9-21(22)24(27)26(23)17-19-7-3-2-4-8-19/h2-16,23,25H,17H2,1H3/b16-13+. The van der Waals surface area contributed by atoms with Gasteiger partial charge in [0.05, 0.1) is 12.7 Å². The lowest BCUT2D eigenvalue weighted by atomic mass is 10.1. The lowest BCUT2D eigenvalue weighted by Gasteiger charge is -2.36. The van der Waals surface area contributed by atoms with Gasteiger partial charge in [-0.25, -0.2) is 0 Å². The highest BCUT2D eigenvalue weighted by molar-refractivity contribution is 6.01. The van der Waals surface area contributed by atoms with E-state index in [1.165, 1.54) is 0 Å². The Hall–Kier alpha value is -3.53. The van der Waals surface area contributed by atoms with Gasteiger partial charge in [0, 0.05) is 12.2 Å². The minimum absolute atomic E-state index is 0.0302. The summed E-state index contributed by atoms with van der Waals surface area (Å²) < 4.78 is 5.21. The van der Waals surface area contributed by atoms with Crippen molar-refractivity contribution in [1.29, 1.82) is 0 Å². The van der Waals surface area contributed by atoms with Gasteiger partial charge in [0.25, 0.3) is 5.91 Å². The summed E-state index contributed by atoms with van der Waals surface area (Å²) in [5.41, 5.74) is 3.71. The molecule has 0 saturated carbocycles. The van der Waals surface area contributed by atoms with Gasteiger partial charge in [-0.2, -0.15) is 0 Å². The Morgan fingerprint density at radius 3 is 2.43 bits per heavy atom. The van der Waals surface area contributed by atoms with E-state index in [0.717, 1.165) is 22.6 Å². The third-order valence-corrected chi connectivity index (χ3v) is 4.84. The summed E-state index contributed by atoms with van der Waals surface area (Å²) in [6.07, 6.45) is 3.82. The zero-order valence-corrected chi connectivity index (χ0v) is 15.7. The van der Waals surface area contributed by atoms with Gasteiger partial charge in [-0.1, -0.05) is 60.7 Å². The number of benzene rings is 3. The van der Waals surface area contributed by atoms with Crippen LogP contribution in [0.4, 0.5) is 5.69 Å². The number of hydrogen-bond acceptors (Lipinski definition) is 3. The molecule has 1 amide bonds. The lowest BCUT2D eigenvalue weighted by molar-refractivity contribution is 0.0703. The summed E-state index contributed by atoms with van der Waals surface area (Å²) >= 11 is 0. The predicted octanol–water partition coefficient (Wildman–Crippen LogP) is 4.80. The molecule has 3 aromatic rings. The van der Waals surface area contributed by atoms with Crippen molar-refractivity contribution >= 4 is 17.7 Å². The summed E-state index contributed by atoms with van der Waals surface area (Å²) in [5.74, 6) is 0.852. The molecule has 4 heteroatoms. The first-order chi connectivity index (χ1) is 13.7. The highest BCUT2D eigenvalue weighted by Crippen LogP contribution is 2.27. The normalized spacial score (nSPS) is 16.0. The molecule has 0 aromatic heterocycles. The second kappa shape index (κ2) is 8.01. The van der Waals surface area contributed by atoms with E-state index in [2.05, 4.69) is 5.32 Å². The Bertz CT molecular complexity index is 981. The largest absolute Gasteiger partial charge is 0.497 e. The Balaban J connectivity index is 1.63. The van der Waals surface area contributed by atoms with Gasteiger partial charge in [-0.15, -0.1) is 0 Å². The topological polar surface area (TPSA) is 41.6 Å². The van der Waals surface area contributed by atoms with Gasteiger partial charge < -0.3 is 15.0 Å². The first-order valence-electron chi connectivity index (χ1n) is 9.27. The van der Waals surface area contributed by atoms with Gasteiger partial charge >= 0.3 is 0 Å². The third kappa shape index (κ3) is 3.76. The van der Waals surface area contributed by atoms with Crippen molar-refractivity contribution in [2.24, 2.45) is 0 Å². The molecular formula is C24H22N2O2. The maximum absolute atomic E-state index is 13.2. The van der Waals surface area contributed by atoms with E-state index in [1.807, 2.05) is 95.9 Å². The molecule has 0 bridgehead atoms. The number of amides is 1. The monoisotopic (exact) mass is 370 g/mol. The number of fused-ring (bicyclic) bond motifs is 1. The number of para-hydroxylation sites is 1. The summed E-state index contributed by atoms with van der Waals surface area (Å²) in [6.45, 7) is 0.540. The molecule has 0 fully saturated rings. The maximum atomic E-state index is 13.2. The Kier molecular flexibility index (Phi) is 5.11. The molecule has 1 N–H and O–H groups in total. The van der Waals surface area contributed by atoms with Crippen LogP contribution in [0.1, 0.15) is 21.5 Å². The quantitative estimate of drug-likeness (QED) is 0.701. The van der Waals surface area contributed by atoms with E-state index in [0.29, 0.717) is 12.1 Å². The van der Waals surface area contributed by atoms with Gasteiger partial charge in [0.15, 0.2) is 0 Å². The highest BCUT2D eigenvalue weighted by atomic mass is 16.5. The molecule has 1 aliphatic heterocycles. The summed E-state index contributed by atoms with van der Waals surface area (Å²) in [7, 11) is 1.65. The smallest absolute Gasteiger partial charge is 0.258 e. The first kappa shape index (κ1) is 17.9. The number of ether oxygens (including phenoxy) is 1. The number of methoxy groups -OCH3 is 1. The van der Waals surface area contributed by atoms with E-state index in [1.54, 1.807) is 7.11 Å². The molecule has 140 valence electrons. The van der Waals surface area contributed by atoms with Crippen LogP contribution in [-0.4, -0.2) is 24.1 Å². The predicted molar refractivity (Wildman–Crippen MR) is 112 cm³/mol. The van der Waals surface area contributed by atoms with Crippen molar-refractivity contribution in [2.75, 3.05) is 12.4 Å². The van der Waals surface area contributed by atoms with Crippen LogP contribution in [0, 0.1) is 0 Å². The molecule has 0 spiro atoms. The van der Waals surface area contributed by atoms with Gasteiger partial charge in [0.2, 0.25) is 0 Å². The molecule has 4 rings (SSSR count). The van der Waals surface area contributed by atoms with Crippen LogP contribution < -0.4 is 10.1 Å². The van der Waals surface area contributed by atoms with E-state index in [9.17, 15) is 4.79 Å². The molecule has 1 unspecified atom stereocenters. The molecule has 0 aliphatic carbocycles. The molecule has 28 heavy (non-hydrogen) atoms. The Morgan fingerprint density at radius 1 is 0.964 bits per heavy atom. The SMILES string of the molecule is COc1ccc(/C=C/C2Nc3ccccc3C(=O)N2Cc2ccccc2)cc1. The summed E-state index contributed by atoms with van der Waals surface area (Å²) in [5, 5.41) is 3.48. The number of carbonyl (C=O) groups excluding carboxylic acids is 1. The van der Waals surface area contributed by atoms with E-state index in [-0.39, 0.29) is 12.1 Å². The van der Waals surface area contributed by atoms with Crippen LogP contribution in [-0.2, 0) is 6.54 Å². The van der Waals surface area contributed by atoms with Crippen LogP contribution in [0.15, 0.2) is 84.9 Å². The number of anilines is 1. The molecule has 1 aliphatic rings. The lowest BCUT2D eigenvalue weighted by Crippen LogP contribution is -2.47. The number of rotatable bonds is 5. The molecule has 3 aromatic carbocycles. The Morgan fingerprint density at radius 2 is 1.68 bits per heavy atom. The zero-order chi connectivity index (χ0) is 19.3. The third-order valence-electron chi connectivity index (χ3n) is 4.84. The van der Waals surface area contributed by atoms with Crippen molar-refractivity contribution in [3.05, 3.63) is 102 Å². The van der Waals surface area contributed by atoms with Gasteiger partial charge in [0.1, 0.15) is 11.9 Å². The van der Waals surface area contributed by atoms with Crippen molar-refractivity contribution < 1.29 is 9.53 Å². The van der Waals surface area contributed by atoms with E-state index >= 15 is 0 Å². The maximum Gasteiger partial charge on any atom is 0.258 e. The van der Waals surface area contributed by atoms with Crippen LogP contribution in [0.3, 0.4) is 0 Å². The molecule has 4 nitrogen and oxygen atoms in total. The fourth-order valence-corrected chi connectivity index (χ4v) is 3.33. The molecule has 1 heterocycles. The molecular weight excluding hydrogens is 348 g/mol. The van der Waals surface area contributed by atoms with Crippen molar-refractivity contribution in [3.63, 3.8) is 0 Å². The minimum Gasteiger partial charge on any atom is -0.497 e. The van der Waals surface area contributed by atoms with Crippen molar-refractivity contribution in [3.8, 4) is 5.75 Å². The fraction of sp³-hybridized carbons (Fsp3) is 0.125. The van der Waals surface area contributed by atoms with E-state index in [4.69, 9.17) is 4.74 Å². The molecule has 0 saturated heterocycles. The number of hydrogen-bond donors (Lipinski definition) is 1. The summed E-state index contributed by atoms with van der Waals surface area (Å²) in [6, 6.07) is 25.5. The van der Waals surface area contributed by atoms with Gasteiger partial charge in [-0.3, -0.25) is 4.79 Å².